The van der Waals surface area contributed by atoms with Gasteiger partial charge in [0.2, 0.25) is 5.91 Å². The molecule has 0 aliphatic carbocycles. The second-order valence-corrected chi connectivity index (χ2v) is 7.06. The fourth-order valence-electron chi connectivity index (χ4n) is 3.16. The lowest BCUT2D eigenvalue weighted by Gasteiger charge is -2.10. The van der Waals surface area contributed by atoms with Gasteiger partial charge in [-0.05, 0) is 54.6 Å². The van der Waals surface area contributed by atoms with E-state index in [-0.39, 0.29) is 18.0 Å². The first-order valence-electron chi connectivity index (χ1n) is 10.1. The summed E-state index contributed by atoms with van der Waals surface area (Å²) in [6.45, 7) is -0.194. The zero-order valence-electron chi connectivity index (χ0n) is 17.5. The summed E-state index contributed by atoms with van der Waals surface area (Å²) < 4.78 is 6.39. The standard InChI is InChI=1S/C25H22N4O3/c1-32-22-9-5-6-18(16-22)23-14-15-25(31)29(28-23)17-24(30)27-21-12-10-20(11-13-21)26-19-7-3-2-4-8-19/h2-16,26H,17H2,1H3,(H,27,30). The van der Waals surface area contributed by atoms with E-state index >= 15 is 0 Å². The number of carbonyl (C=O) groups is 1. The molecular formula is C25H22N4O3. The molecule has 2 N–H and O–H groups in total. The van der Waals surface area contributed by atoms with Gasteiger partial charge in [0.15, 0.2) is 0 Å². The van der Waals surface area contributed by atoms with Crippen LogP contribution in [0.3, 0.4) is 0 Å². The molecule has 0 unspecified atom stereocenters. The summed E-state index contributed by atoms with van der Waals surface area (Å²) >= 11 is 0. The van der Waals surface area contributed by atoms with Crippen LogP contribution >= 0.6 is 0 Å². The molecule has 4 rings (SSSR count). The molecule has 1 heterocycles. The number of hydrogen-bond donors (Lipinski definition) is 2. The van der Waals surface area contributed by atoms with Crippen molar-refractivity contribution in [3.8, 4) is 17.0 Å². The Bertz CT molecular complexity index is 1270. The quantitative estimate of drug-likeness (QED) is 0.460. The number of rotatable bonds is 7. The Kier molecular flexibility index (Phi) is 6.27. The highest BCUT2D eigenvalue weighted by Crippen LogP contribution is 2.21. The third-order valence-corrected chi connectivity index (χ3v) is 4.76. The monoisotopic (exact) mass is 426 g/mol. The average molecular weight is 426 g/mol. The molecule has 1 amide bonds. The minimum atomic E-state index is -0.353. The highest BCUT2D eigenvalue weighted by atomic mass is 16.5. The van der Waals surface area contributed by atoms with Crippen molar-refractivity contribution in [3.63, 3.8) is 0 Å². The highest BCUT2D eigenvalue weighted by Gasteiger charge is 2.09. The maximum absolute atomic E-state index is 12.5. The topological polar surface area (TPSA) is 85.2 Å². The van der Waals surface area contributed by atoms with Gasteiger partial charge >= 0.3 is 0 Å². The first-order valence-corrected chi connectivity index (χ1v) is 10.1. The maximum atomic E-state index is 12.5. The van der Waals surface area contributed by atoms with Crippen LogP contribution in [-0.4, -0.2) is 22.8 Å². The number of ether oxygens (including phenoxy) is 1. The molecular weight excluding hydrogens is 404 g/mol. The van der Waals surface area contributed by atoms with Gasteiger partial charge in [0, 0.05) is 28.7 Å². The molecule has 0 fully saturated rings. The SMILES string of the molecule is COc1cccc(-c2ccc(=O)n(CC(=O)Nc3ccc(Nc4ccccc4)cc3)n2)c1. The van der Waals surface area contributed by atoms with E-state index in [4.69, 9.17) is 4.74 Å². The van der Waals surface area contributed by atoms with Crippen molar-refractivity contribution in [2.75, 3.05) is 17.7 Å². The molecule has 0 aliphatic heterocycles. The van der Waals surface area contributed by atoms with E-state index in [1.54, 1.807) is 25.3 Å². The number of benzene rings is 3. The smallest absolute Gasteiger partial charge is 0.267 e. The highest BCUT2D eigenvalue weighted by molar-refractivity contribution is 5.90. The van der Waals surface area contributed by atoms with Crippen LogP contribution in [0.1, 0.15) is 0 Å². The second kappa shape index (κ2) is 9.61. The molecule has 0 saturated heterocycles. The Morgan fingerprint density at radius 3 is 2.34 bits per heavy atom. The summed E-state index contributed by atoms with van der Waals surface area (Å²) in [7, 11) is 1.59. The number of anilines is 3. The molecule has 0 saturated carbocycles. The Morgan fingerprint density at radius 1 is 0.875 bits per heavy atom. The van der Waals surface area contributed by atoms with Crippen LogP contribution in [-0.2, 0) is 11.3 Å². The molecule has 0 radical (unpaired) electrons. The summed E-state index contributed by atoms with van der Waals surface area (Å²) in [5, 5.41) is 10.4. The molecule has 7 nitrogen and oxygen atoms in total. The van der Waals surface area contributed by atoms with Crippen molar-refractivity contribution in [2.45, 2.75) is 6.54 Å². The number of para-hydroxylation sites is 1. The van der Waals surface area contributed by atoms with Gasteiger partial charge in [-0.3, -0.25) is 9.59 Å². The van der Waals surface area contributed by atoms with Gasteiger partial charge < -0.3 is 15.4 Å². The summed E-state index contributed by atoms with van der Waals surface area (Å²) in [5.74, 6) is 0.344. The summed E-state index contributed by atoms with van der Waals surface area (Å²) in [6.07, 6.45) is 0. The number of amides is 1. The molecule has 1 aromatic heterocycles. The number of carbonyl (C=O) groups excluding carboxylic acids is 1. The van der Waals surface area contributed by atoms with Gasteiger partial charge in [-0.1, -0.05) is 30.3 Å². The van der Waals surface area contributed by atoms with Crippen LogP contribution in [0.5, 0.6) is 5.75 Å². The largest absolute Gasteiger partial charge is 0.497 e. The minimum absolute atomic E-state index is 0.194. The van der Waals surface area contributed by atoms with Crippen LogP contribution in [0.4, 0.5) is 17.1 Å². The van der Waals surface area contributed by atoms with Gasteiger partial charge in [-0.25, -0.2) is 4.68 Å². The molecule has 32 heavy (non-hydrogen) atoms. The number of aromatic nitrogens is 2. The number of methoxy groups -OCH3 is 1. The molecule has 7 heteroatoms. The van der Waals surface area contributed by atoms with Crippen molar-refractivity contribution in [1.82, 2.24) is 9.78 Å². The predicted molar refractivity (Wildman–Crippen MR) is 125 cm³/mol. The summed E-state index contributed by atoms with van der Waals surface area (Å²) in [6, 6.07) is 27.5. The van der Waals surface area contributed by atoms with E-state index in [0.29, 0.717) is 17.1 Å². The van der Waals surface area contributed by atoms with E-state index in [2.05, 4.69) is 15.7 Å². The molecule has 3 aromatic carbocycles. The summed E-state index contributed by atoms with van der Waals surface area (Å²) in [5.41, 5.74) is 3.52. The van der Waals surface area contributed by atoms with E-state index in [9.17, 15) is 9.59 Å². The Hall–Kier alpha value is -4.39. The van der Waals surface area contributed by atoms with Crippen LogP contribution in [0, 0.1) is 0 Å². The lowest BCUT2D eigenvalue weighted by atomic mass is 10.1. The van der Waals surface area contributed by atoms with Crippen molar-refractivity contribution in [3.05, 3.63) is 101 Å². The van der Waals surface area contributed by atoms with Crippen molar-refractivity contribution in [2.24, 2.45) is 0 Å². The van der Waals surface area contributed by atoms with Crippen molar-refractivity contribution in [1.29, 1.82) is 0 Å². The third-order valence-electron chi connectivity index (χ3n) is 4.76. The van der Waals surface area contributed by atoms with Crippen LogP contribution in [0.25, 0.3) is 11.3 Å². The molecule has 4 aromatic rings. The van der Waals surface area contributed by atoms with Gasteiger partial charge in [-0.15, -0.1) is 0 Å². The zero-order valence-corrected chi connectivity index (χ0v) is 17.5. The normalized spacial score (nSPS) is 10.4. The molecule has 160 valence electrons. The zero-order chi connectivity index (χ0) is 22.3. The first-order chi connectivity index (χ1) is 15.6. The molecule has 0 aliphatic rings. The maximum Gasteiger partial charge on any atom is 0.267 e. The minimum Gasteiger partial charge on any atom is -0.497 e. The first kappa shape index (κ1) is 20.9. The molecule has 0 spiro atoms. The van der Waals surface area contributed by atoms with Gasteiger partial charge in [0.05, 0.1) is 12.8 Å². The van der Waals surface area contributed by atoms with E-state index in [0.717, 1.165) is 21.6 Å². The number of nitrogens with zero attached hydrogens (tertiary/aromatic N) is 2. The van der Waals surface area contributed by atoms with Crippen LogP contribution in [0.15, 0.2) is 95.8 Å². The lowest BCUT2D eigenvalue weighted by molar-refractivity contribution is -0.117. The number of nitrogens with one attached hydrogen (secondary N) is 2. The lowest BCUT2D eigenvalue weighted by Crippen LogP contribution is -2.29. The Morgan fingerprint density at radius 2 is 1.59 bits per heavy atom. The van der Waals surface area contributed by atoms with Crippen LogP contribution < -0.4 is 20.9 Å². The Labute approximate surface area is 185 Å². The van der Waals surface area contributed by atoms with Gasteiger partial charge in [-0.2, -0.15) is 5.10 Å². The summed E-state index contributed by atoms with van der Waals surface area (Å²) in [4.78, 5) is 24.7. The predicted octanol–water partition coefficient (Wildman–Crippen LogP) is 4.30. The Balaban J connectivity index is 1.43. The second-order valence-electron chi connectivity index (χ2n) is 7.06. The average Bonchev–Trinajstić information content (AvgIpc) is 2.82. The van der Waals surface area contributed by atoms with Crippen molar-refractivity contribution >= 4 is 23.0 Å². The number of hydrogen-bond acceptors (Lipinski definition) is 5. The van der Waals surface area contributed by atoms with Gasteiger partial charge in [0.25, 0.3) is 5.56 Å². The van der Waals surface area contributed by atoms with E-state index in [1.165, 1.54) is 6.07 Å². The van der Waals surface area contributed by atoms with Crippen LogP contribution in [0.2, 0.25) is 0 Å². The third kappa shape index (κ3) is 5.20. The fraction of sp³-hybridized carbons (Fsp3) is 0.0800. The van der Waals surface area contributed by atoms with Crippen molar-refractivity contribution < 1.29 is 9.53 Å². The fourth-order valence-corrected chi connectivity index (χ4v) is 3.16. The van der Waals surface area contributed by atoms with Gasteiger partial charge in [0.1, 0.15) is 12.3 Å². The molecule has 0 atom stereocenters. The van der Waals surface area contributed by atoms with E-state index < -0.39 is 0 Å². The molecule has 0 bridgehead atoms. The van der Waals surface area contributed by atoms with E-state index in [1.807, 2.05) is 66.7 Å².